The van der Waals surface area contributed by atoms with Crippen LogP contribution in [0, 0.1) is 0 Å². The van der Waals surface area contributed by atoms with E-state index in [1.807, 2.05) is 0 Å². The molecule has 15 heavy (non-hydrogen) atoms. The van der Waals surface area contributed by atoms with Gasteiger partial charge in [0.2, 0.25) is 6.29 Å². The molecule has 7 heteroatoms. The van der Waals surface area contributed by atoms with Crippen molar-refractivity contribution in [3.8, 4) is 0 Å². The maximum absolute atomic E-state index is 11.4. The third kappa shape index (κ3) is 6.21. The minimum absolute atomic E-state index is 0.315. The summed E-state index contributed by atoms with van der Waals surface area (Å²) < 4.78 is 10.1. The first kappa shape index (κ1) is 14.1. The highest BCUT2D eigenvalue weighted by molar-refractivity contribution is 7.80. The van der Waals surface area contributed by atoms with Crippen molar-refractivity contribution in [2.24, 2.45) is 0 Å². The Kier molecular flexibility index (Phi) is 7.88. The summed E-state index contributed by atoms with van der Waals surface area (Å²) in [5.74, 6) is -0.420. The van der Waals surface area contributed by atoms with Crippen LogP contribution >= 0.6 is 12.2 Å². The van der Waals surface area contributed by atoms with Crippen LogP contribution in [0.25, 0.3) is 0 Å². The molecule has 0 radical (unpaired) electrons. The Balaban J connectivity index is 3.96. The molecule has 0 rings (SSSR count). The Hall–Kier alpha value is -0.920. The van der Waals surface area contributed by atoms with E-state index in [1.165, 1.54) is 0 Å². The molecule has 0 aliphatic heterocycles. The van der Waals surface area contributed by atoms with Crippen LogP contribution in [0.1, 0.15) is 13.8 Å². The van der Waals surface area contributed by atoms with Crippen LogP contribution in [-0.4, -0.2) is 37.6 Å². The number of ether oxygens (including phenoxy) is 2. The third-order valence-electron chi connectivity index (χ3n) is 1.38. The van der Waals surface area contributed by atoms with Crippen molar-refractivity contribution < 1.29 is 14.3 Å². The lowest BCUT2D eigenvalue weighted by molar-refractivity contribution is -0.170. The zero-order chi connectivity index (χ0) is 11.7. The van der Waals surface area contributed by atoms with E-state index in [4.69, 9.17) is 21.7 Å². The first-order valence-electron chi connectivity index (χ1n) is 4.66. The number of amides is 1. The van der Waals surface area contributed by atoms with E-state index in [1.54, 1.807) is 20.9 Å². The molecule has 0 aliphatic carbocycles. The summed E-state index contributed by atoms with van der Waals surface area (Å²) in [7, 11) is 1.64. The Morgan fingerprint density at radius 1 is 1.27 bits per heavy atom. The van der Waals surface area contributed by atoms with Crippen molar-refractivity contribution in [1.29, 1.82) is 0 Å². The van der Waals surface area contributed by atoms with Crippen molar-refractivity contribution in [3.05, 3.63) is 0 Å². The van der Waals surface area contributed by atoms with Crippen molar-refractivity contribution in [1.82, 2.24) is 16.2 Å². The lowest BCUT2D eigenvalue weighted by atomic mass is 10.6. The predicted molar refractivity (Wildman–Crippen MR) is 60.0 cm³/mol. The van der Waals surface area contributed by atoms with Crippen LogP contribution < -0.4 is 16.2 Å². The Morgan fingerprint density at radius 2 is 1.80 bits per heavy atom. The van der Waals surface area contributed by atoms with E-state index in [0.29, 0.717) is 18.3 Å². The van der Waals surface area contributed by atoms with Gasteiger partial charge in [0.25, 0.3) is 5.91 Å². The Bertz CT molecular complexity index is 207. The number of hydrazine groups is 1. The molecule has 0 bridgehead atoms. The van der Waals surface area contributed by atoms with Gasteiger partial charge < -0.3 is 14.8 Å². The number of carbonyl (C=O) groups excluding carboxylic acids is 1. The Morgan fingerprint density at radius 3 is 2.20 bits per heavy atom. The van der Waals surface area contributed by atoms with Gasteiger partial charge in [0.1, 0.15) is 0 Å². The first-order chi connectivity index (χ1) is 7.15. The largest absolute Gasteiger partial charge is 0.364 e. The summed E-state index contributed by atoms with van der Waals surface area (Å²) in [5, 5.41) is 2.96. The van der Waals surface area contributed by atoms with Gasteiger partial charge in [0.05, 0.1) is 0 Å². The number of hydrogen-bond acceptors (Lipinski definition) is 4. The van der Waals surface area contributed by atoms with Crippen molar-refractivity contribution >= 4 is 23.2 Å². The van der Waals surface area contributed by atoms with Crippen LogP contribution in [0.3, 0.4) is 0 Å². The van der Waals surface area contributed by atoms with E-state index >= 15 is 0 Å². The minimum Gasteiger partial charge on any atom is -0.364 e. The van der Waals surface area contributed by atoms with E-state index in [9.17, 15) is 4.79 Å². The van der Waals surface area contributed by atoms with E-state index in [2.05, 4.69) is 16.2 Å². The van der Waals surface area contributed by atoms with Gasteiger partial charge in [0, 0.05) is 20.3 Å². The van der Waals surface area contributed by atoms with Crippen molar-refractivity contribution in [2.75, 3.05) is 20.3 Å². The molecule has 1 amide bonds. The molecule has 0 fully saturated rings. The fourth-order valence-corrected chi connectivity index (χ4v) is 0.793. The summed E-state index contributed by atoms with van der Waals surface area (Å²) in [6.45, 7) is 4.36. The second-order valence-corrected chi connectivity index (χ2v) is 2.84. The molecule has 0 heterocycles. The van der Waals surface area contributed by atoms with Gasteiger partial charge in [-0.15, -0.1) is 0 Å². The number of nitrogens with one attached hydrogen (secondary N) is 3. The molecule has 0 unspecified atom stereocenters. The number of rotatable bonds is 5. The highest BCUT2D eigenvalue weighted by atomic mass is 32.1. The summed E-state index contributed by atoms with van der Waals surface area (Å²) in [6.07, 6.45) is -0.910. The molecular weight excluding hydrogens is 218 g/mol. The summed E-state index contributed by atoms with van der Waals surface area (Å²) in [6, 6.07) is 0. The monoisotopic (exact) mass is 235 g/mol. The van der Waals surface area contributed by atoms with E-state index in [0.717, 1.165) is 0 Å². The lowest BCUT2D eigenvalue weighted by Gasteiger charge is -2.17. The number of hydrogen-bond donors (Lipinski definition) is 3. The van der Waals surface area contributed by atoms with Crippen molar-refractivity contribution in [2.45, 2.75) is 20.1 Å². The fraction of sp³-hybridized carbons (Fsp3) is 0.750. The molecule has 0 aromatic heterocycles. The molecule has 3 N–H and O–H groups in total. The maximum Gasteiger partial charge on any atom is 0.295 e. The number of thiocarbonyl (C=S) groups is 1. The van der Waals surface area contributed by atoms with Crippen molar-refractivity contribution in [3.63, 3.8) is 0 Å². The molecule has 6 nitrogen and oxygen atoms in total. The molecule has 0 aromatic carbocycles. The van der Waals surface area contributed by atoms with Gasteiger partial charge in [-0.2, -0.15) is 0 Å². The van der Waals surface area contributed by atoms with Crippen LogP contribution in [0.2, 0.25) is 0 Å². The summed E-state index contributed by atoms with van der Waals surface area (Å²) in [5.41, 5.74) is 4.85. The summed E-state index contributed by atoms with van der Waals surface area (Å²) in [4.78, 5) is 11.4. The topological polar surface area (TPSA) is 71.6 Å². The van der Waals surface area contributed by atoms with Crippen LogP contribution in [-0.2, 0) is 14.3 Å². The molecule has 0 aliphatic rings. The van der Waals surface area contributed by atoms with Gasteiger partial charge in [-0.1, -0.05) is 0 Å². The van der Waals surface area contributed by atoms with Gasteiger partial charge in [-0.05, 0) is 26.1 Å². The SMILES string of the molecule is CCOC(OCC)C(=O)NNC(=S)NC. The zero-order valence-electron chi connectivity index (χ0n) is 9.12. The second-order valence-electron chi connectivity index (χ2n) is 2.44. The van der Waals surface area contributed by atoms with Crippen LogP contribution in [0.5, 0.6) is 0 Å². The Labute approximate surface area is 94.7 Å². The second kappa shape index (κ2) is 8.39. The molecule has 0 saturated carbocycles. The minimum atomic E-state index is -0.910. The molecule has 0 spiro atoms. The maximum atomic E-state index is 11.4. The molecular formula is C8H17N3O3S. The zero-order valence-corrected chi connectivity index (χ0v) is 9.94. The first-order valence-corrected chi connectivity index (χ1v) is 5.07. The van der Waals surface area contributed by atoms with Gasteiger partial charge in [-0.25, -0.2) is 0 Å². The smallest absolute Gasteiger partial charge is 0.295 e. The molecule has 0 aromatic rings. The van der Waals surface area contributed by atoms with E-state index in [-0.39, 0.29) is 0 Å². The lowest BCUT2D eigenvalue weighted by Crippen LogP contribution is -2.50. The van der Waals surface area contributed by atoms with Gasteiger partial charge >= 0.3 is 0 Å². The average Bonchev–Trinajstić information content (AvgIpc) is 2.25. The standard InChI is InChI=1S/C8H17N3O3S/c1-4-13-7(14-5-2)6(12)10-11-8(15)9-3/h7H,4-5H2,1-3H3,(H,10,12)(H2,9,11,15). The highest BCUT2D eigenvalue weighted by Gasteiger charge is 2.18. The molecule has 0 saturated heterocycles. The predicted octanol–water partition coefficient (Wildman–Crippen LogP) is -0.489. The van der Waals surface area contributed by atoms with Crippen LogP contribution in [0.15, 0.2) is 0 Å². The van der Waals surface area contributed by atoms with Gasteiger partial charge in [-0.3, -0.25) is 15.6 Å². The normalized spacial score (nSPS) is 9.87. The van der Waals surface area contributed by atoms with E-state index < -0.39 is 12.2 Å². The average molecular weight is 235 g/mol. The third-order valence-corrected chi connectivity index (χ3v) is 1.68. The molecule has 0 atom stereocenters. The van der Waals surface area contributed by atoms with Crippen LogP contribution in [0.4, 0.5) is 0 Å². The quantitative estimate of drug-likeness (QED) is 0.339. The number of carbonyl (C=O) groups is 1. The highest BCUT2D eigenvalue weighted by Crippen LogP contribution is 1.94. The summed E-state index contributed by atoms with van der Waals surface area (Å²) >= 11 is 4.77. The van der Waals surface area contributed by atoms with Gasteiger partial charge in [0.15, 0.2) is 5.11 Å². The fourth-order valence-electron chi connectivity index (χ4n) is 0.742. The molecule has 88 valence electrons.